The van der Waals surface area contributed by atoms with Crippen molar-refractivity contribution in [3.63, 3.8) is 0 Å². The summed E-state index contributed by atoms with van der Waals surface area (Å²) in [5.74, 6) is -0.199. The van der Waals surface area contributed by atoms with Crippen LogP contribution in [-0.4, -0.2) is 5.91 Å². The SMILES string of the molecule is Cc1ccc(C(=O)Nc2ccc(Br)cc2C)c(Cl)c1. The summed E-state index contributed by atoms with van der Waals surface area (Å²) in [4.78, 5) is 12.2. The Labute approximate surface area is 125 Å². The lowest BCUT2D eigenvalue weighted by atomic mass is 10.1. The molecule has 0 fully saturated rings. The third-order valence-corrected chi connectivity index (χ3v) is 3.61. The molecule has 4 heteroatoms. The van der Waals surface area contributed by atoms with Gasteiger partial charge < -0.3 is 5.32 Å². The number of anilines is 1. The van der Waals surface area contributed by atoms with Crippen LogP contribution in [-0.2, 0) is 0 Å². The molecule has 0 aliphatic carbocycles. The first-order valence-corrected chi connectivity index (χ1v) is 6.98. The molecular formula is C15H13BrClNO. The lowest BCUT2D eigenvalue weighted by molar-refractivity contribution is 0.102. The van der Waals surface area contributed by atoms with Crippen LogP contribution in [0, 0.1) is 13.8 Å². The van der Waals surface area contributed by atoms with Gasteiger partial charge >= 0.3 is 0 Å². The second kappa shape index (κ2) is 5.76. The number of rotatable bonds is 2. The lowest BCUT2D eigenvalue weighted by Gasteiger charge is -2.10. The van der Waals surface area contributed by atoms with Crippen LogP contribution in [0.3, 0.4) is 0 Å². The average Bonchev–Trinajstić information content (AvgIpc) is 2.32. The first kappa shape index (κ1) is 14.1. The van der Waals surface area contributed by atoms with Crippen molar-refractivity contribution in [3.8, 4) is 0 Å². The van der Waals surface area contributed by atoms with Gasteiger partial charge in [-0.1, -0.05) is 33.6 Å². The van der Waals surface area contributed by atoms with E-state index in [9.17, 15) is 4.79 Å². The molecule has 0 spiro atoms. The molecule has 0 aliphatic heterocycles. The summed E-state index contributed by atoms with van der Waals surface area (Å²) >= 11 is 9.48. The van der Waals surface area contributed by atoms with E-state index in [2.05, 4.69) is 21.2 Å². The number of aryl methyl sites for hydroxylation is 2. The van der Waals surface area contributed by atoms with Gasteiger partial charge in [-0.15, -0.1) is 0 Å². The van der Waals surface area contributed by atoms with E-state index >= 15 is 0 Å². The molecule has 2 aromatic carbocycles. The molecular weight excluding hydrogens is 326 g/mol. The summed E-state index contributed by atoms with van der Waals surface area (Å²) in [6.07, 6.45) is 0. The summed E-state index contributed by atoms with van der Waals surface area (Å²) in [5.41, 5.74) is 3.28. The minimum absolute atomic E-state index is 0.199. The van der Waals surface area contributed by atoms with Gasteiger partial charge in [0.15, 0.2) is 0 Å². The van der Waals surface area contributed by atoms with Crippen LogP contribution in [0.15, 0.2) is 40.9 Å². The summed E-state index contributed by atoms with van der Waals surface area (Å²) in [6.45, 7) is 3.88. The van der Waals surface area contributed by atoms with Gasteiger partial charge in [0.25, 0.3) is 5.91 Å². The molecule has 0 bridgehead atoms. The molecule has 19 heavy (non-hydrogen) atoms. The molecule has 1 N–H and O–H groups in total. The normalized spacial score (nSPS) is 10.3. The molecule has 0 unspecified atom stereocenters. The van der Waals surface area contributed by atoms with Crippen molar-refractivity contribution in [2.75, 3.05) is 5.32 Å². The third kappa shape index (κ3) is 3.37. The van der Waals surface area contributed by atoms with E-state index in [4.69, 9.17) is 11.6 Å². The minimum Gasteiger partial charge on any atom is -0.322 e. The largest absolute Gasteiger partial charge is 0.322 e. The van der Waals surface area contributed by atoms with Crippen LogP contribution in [0.25, 0.3) is 0 Å². The van der Waals surface area contributed by atoms with Gasteiger partial charge in [-0.3, -0.25) is 4.79 Å². The average molecular weight is 339 g/mol. The molecule has 0 atom stereocenters. The molecule has 1 amide bonds. The zero-order valence-corrected chi connectivity index (χ0v) is 13.0. The van der Waals surface area contributed by atoms with Gasteiger partial charge in [-0.25, -0.2) is 0 Å². The minimum atomic E-state index is -0.199. The van der Waals surface area contributed by atoms with Gasteiger partial charge in [-0.05, 0) is 55.3 Å². The van der Waals surface area contributed by atoms with Crippen LogP contribution in [0.1, 0.15) is 21.5 Å². The first-order chi connectivity index (χ1) is 8.97. The van der Waals surface area contributed by atoms with Crippen molar-refractivity contribution in [2.24, 2.45) is 0 Å². The van der Waals surface area contributed by atoms with Crippen molar-refractivity contribution in [1.82, 2.24) is 0 Å². The molecule has 0 radical (unpaired) electrons. The van der Waals surface area contributed by atoms with Gasteiger partial charge in [0, 0.05) is 10.2 Å². The predicted molar refractivity (Wildman–Crippen MR) is 83.0 cm³/mol. The summed E-state index contributed by atoms with van der Waals surface area (Å²) in [7, 11) is 0. The topological polar surface area (TPSA) is 29.1 Å². The summed E-state index contributed by atoms with van der Waals surface area (Å²) < 4.78 is 0.983. The highest BCUT2D eigenvalue weighted by Crippen LogP contribution is 2.23. The van der Waals surface area contributed by atoms with E-state index in [0.29, 0.717) is 10.6 Å². The zero-order chi connectivity index (χ0) is 14.0. The highest BCUT2D eigenvalue weighted by atomic mass is 79.9. The molecule has 0 saturated heterocycles. The Balaban J connectivity index is 2.25. The predicted octanol–water partition coefficient (Wildman–Crippen LogP) is 4.97. The molecule has 0 heterocycles. The van der Waals surface area contributed by atoms with Crippen LogP contribution in [0.5, 0.6) is 0 Å². The van der Waals surface area contributed by atoms with Gasteiger partial charge in [0.05, 0.1) is 10.6 Å². The Morgan fingerprint density at radius 1 is 1.16 bits per heavy atom. The number of carbonyl (C=O) groups is 1. The fourth-order valence-electron chi connectivity index (χ4n) is 1.76. The molecule has 2 rings (SSSR count). The number of benzene rings is 2. The van der Waals surface area contributed by atoms with E-state index < -0.39 is 0 Å². The van der Waals surface area contributed by atoms with Gasteiger partial charge in [-0.2, -0.15) is 0 Å². The number of hydrogen-bond donors (Lipinski definition) is 1. The van der Waals surface area contributed by atoms with E-state index in [1.165, 1.54) is 0 Å². The van der Waals surface area contributed by atoms with Crippen molar-refractivity contribution in [2.45, 2.75) is 13.8 Å². The van der Waals surface area contributed by atoms with Crippen molar-refractivity contribution < 1.29 is 4.79 Å². The number of halogens is 2. The van der Waals surface area contributed by atoms with E-state index in [1.54, 1.807) is 12.1 Å². The Kier molecular flexibility index (Phi) is 4.27. The third-order valence-electron chi connectivity index (χ3n) is 2.81. The molecule has 2 nitrogen and oxygen atoms in total. The second-order valence-electron chi connectivity index (χ2n) is 4.40. The molecule has 0 aromatic heterocycles. The fourth-order valence-corrected chi connectivity index (χ4v) is 2.56. The smallest absolute Gasteiger partial charge is 0.257 e. The highest BCUT2D eigenvalue weighted by molar-refractivity contribution is 9.10. The Morgan fingerprint density at radius 2 is 1.89 bits per heavy atom. The number of amides is 1. The number of hydrogen-bond acceptors (Lipinski definition) is 1. The highest BCUT2D eigenvalue weighted by Gasteiger charge is 2.11. The van der Waals surface area contributed by atoms with Gasteiger partial charge in [0.1, 0.15) is 0 Å². The van der Waals surface area contributed by atoms with E-state index in [-0.39, 0.29) is 5.91 Å². The maximum absolute atomic E-state index is 12.2. The molecule has 0 aliphatic rings. The van der Waals surface area contributed by atoms with Crippen molar-refractivity contribution in [1.29, 1.82) is 0 Å². The molecule has 2 aromatic rings. The quantitative estimate of drug-likeness (QED) is 0.823. The second-order valence-corrected chi connectivity index (χ2v) is 5.72. The van der Waals surface area contributed by atoms with E-state index in [1.807, 2.05) is 38.1 Å². The number of carbonyl (C=O) groups excluding carboxylic acids is 1. The first-order valence-electron chi connectivity index (χ1n) is 5.81. The Bertz CT molecular complexity index is 640. The maximum Gasteiger partial charge on any atom is 0.257 e. The Morgan fingerprint density at radius 3 is 2.53 bits per heavy atom. The van der Waals surface area contributed by atoms with Crippen molar-refractivity contribution >= 4 is 39.1 Å². The van der Waals surface area contributed by atoms with Crippen LogP contribution >= 0.6 is 27.5 Å². The summed E-state index contributed by atoms with van der Waals surface area (Å²) in [5, 5.41) is 3.33. The fraction of sp³-hybridized carbons (Fsp3) is 0.133. The maximum atomic E-state index is 12.2. The number of nitrogens with one attached hydrogen (secondary N) is 1. The lowest BCUT2D eigenvalue weighted by Crippen LogP contribution is -2.13. The van der Waals surface area contributed by atoms with Crippen LogP contribution in [0.2, 0.25) is 5.02 Å². The van der Waals surface area contributed by atoms with E-state index in [0.717, 1.165) is 21.3 Å². The molecule has 98 valence electrons. The van der Waals surface area contributed by atoms with Crippen LogP contribution < -0.4 is 5.32 Å². The monoisotopic (exact) mass is 337 g/mol. The summed E-state index contributed by atoms with van der Waals surface area (Å²) in [6, 6.07) is 11.1. The van der Waals surface area contributed by atoms with Gasteiger partial charge in [0.2, 0.25) is 0 Å². The van der Waals surface area contributed by atoms with Crippen LogP contribution in [0.4, 0.5) is 5.69 Å². The zero-order valence-electron chi connectivity index (χ0n) is 10.6. The molecule has 0 saturated carbocycles. The van der Waals surface area contributed by atoms with Crippen molar-refractivity contribution in [3.05, 3.63) is 62.6 Å². The Hall–Kier alpha value is -1.32. The standard InChI is InChI=1S/C15H13BrClNO/c1-9-3-5-12(13(17)7-9)15(19)18-14-6-4-11(16)8-10(14)2/h3-8H,1-2H3,(H,18,19).